The van der Waals surface area contributed by atoms with Gasteiger partial charge in [-0.05, 0) is 69.8 Å². The average Bonchev–Trinajstić information content (AvgIpc) is 1.09. The van der Waals surface area contributed by atoms with E-state index in [9.17, 15) is 117 Å². The van der Waals surface area contributed by atoms with Crippen LogP contribution in [0.3, 0.4) is 0 Å². The van der Waals surface area contributed by atoms with Crippen molar-refractivity contribution in [3.8, 4) is 0 Å². The molecule has 1 amide bonds. The lowest BCUT2D eigenvalue weighted by Crippen LogP contribution is -2.65. The predicted octanol–water partition coefficient (Wildman–Crippen LogP) is -1.51. The molecule has 0 spiro atoms. The van der Waals surface area contributed by atoms with Crippen molar-refractivity contribution in [3.63, 3.8) is 0 Å². The van der Waals surface area contributed by atoms with E-state index in [1.165, 1.54) is 41.5 Å². The predicted molar refractivity (Wildman–Crippen MR) is 314 cm³/mol. The van der Waals surface area contributed by atoms with Crippen molar-refractivity contribution in [1.82, 2.24) is 5.32 Å². The molecule has 2 aliphatic rings. The zero-order valence-electron chi connectivity index (χ0n) is 52.2. The van der Waals surface area contributed by atoms with Gasteiger partial charge in [0.05, 0.1) is 91.5 Å². The molecule has 2 saturated heterocycles. The number of unbranched alkanes of at least 4 members (excludes halogenated alkanes) is 6. The molecule has 22 N–H and O–H groups in total. The van der Waals surface area contributed by atoms with Crippen molar-refractivity contribution in [1.29, 1.82) is 0 Å². The van der Waals surface area contributed by atoms with Gasteiger partial charge < -0.3 is 117 Å². The first-order valence-corrected chi connectivity index (χ1v) is 31.2. The van der Waals surface area contributed by atoms with E-state index in [1.54, 1.807) is 13.0 Å². The Balaban J connectivity index is 1.88. The lowest BCUT2D eigenvalue weighted by atomic mass is 9.77. The minimum atomic E-state index is -2.59. The molecule has 0 aromatic heterocycles. The molecule has 2 heterocycles. The maximum Gasteiger partial charge on any atom is 0.259 e. The first-order chi connectivity index (χ1) is 39.8. The van der Waals surface area contributed by atoms with Crippen LogP contribution in [0.1, 0.15) is 172 Å². The van der Waals surface area contributed by atoms with E-state index in [0.29, 0.717) is 18.4 Å². The third-order valence-electron chi connectivity index (χ3n) is 18.3. The highest BCUT2D eigenvalue weighted by Gasteiger charge is 2.54. The van der Waals surface area contributed by atoms with Crippen LogP contribution < -0.4 is 5.32 Å². The molecule has 25 heteroatoms. The number of ketones is 1. The first kappa shape index (κ1) is 79.7. The van der Waals surface area contributed by atoms with Crippen LogP contribution in [0.25, 0.3) is 0 Å². The fourth-order valence-electron chi connectivity index (χ4n) is 12.2. The number of hydrogen-bond donors (Lipinski definition) is 22. The molecule has 0 aromatic carbocycles. The second-order valence-corrected chi connectivity index (χ2v) is 26.0. The lowest BCUT2D eigenvalue weighted by Gasteiger charge is -2.47. The molecule has 25 nitrogen and oxygen atoms in total. The summed E-state index contributed by atoms with van der Waals surface area (Å²) in [4.78, 5) is 24.5. The molecule has 29 atom stereocenters. The Bertz CT molecular complexity index is 2040. The van der Waals surface area contributed by atoms with Gasteiger partial charge in [0.25, 0.3) is 5.91 Å². The number of nitrogens with one attached hydrogen (secondary N) is 1. The zero-order chi connectivity index (χ0) is 66.0. The van der Waals surface area contributed by atoms with Crippen LogP contribution in [-0.2, 0) is 14.3 Å². The number of amides is 1. The summed E-state index contributed by atoms with van der Waals surface area (Å²) in [5.41, 5.74) is 0.0276. The number of ether oxygens (including phenoxy) is 1. The van der Waals surface area contributed by atoms with Gasteiger partial charge in [-0.25, -0.2) is 0 Å². The number of allylic oxidation sites excluding steroid dienone is 2. The van der Waals surface area contributed by atoms with Crippen LogP contribution in [0, 0.1) is 41.4 Å². The van der Waals surface area contributed by atoms with E-state index in [2.05, 4.69) is 12.2 Å². The Morgan fingerprint density at radius 1 is 0.535 bits per heavy atom. The van der Waals surface area contributed by atoms with Gasteiger partial charge in [0.15, 0.2) is 11.6 Å². The smallest absolute Gasteiger partial charge is 0.259 e. The number of carbonyl (C=O) groups is 2. The molecule has 2 fully saturated rings. The molecule has 24 unspecified atom stereocenters. The quantitative estimate of drug-likeness (QED) is 0.0143. The molecule has 0 saturated carbocycles. The largest absolute Gasteiger partial charge is 0.507 e. The molecule has 0 aliphatic carbocycles. The highest BCUT2D eigenvalue weighted by molar-refractivity contribution is 6.27. The molecule has 0 radical (unpaired) electrons. The van der Waals surface area contributed by atoms with Gasteiger partial charge in [0.1, 0.15) is 48.0 Å². The van der Waals surface area contributed by atoms with Crippen molar-refractivity contribution in [2.45, 2.75) is 306 Å². The summed E-state index contributed by atoms with van der Waals surface area (Å²) in [7, 11) is 0. The maximum atomic E-state index is 12.4. The zero-order valence-corrected chi connectivity index (χ0v) is 52.2. The fraction of sp³-hybridized carbons (Fsp3) is 0.902. The molecule has 506 valence electrons. The van der Waals surface area contributed by atoms with Crippen LogP contribution in [0.15, 0.2) is 23.0 Å². The summed E-state index contributed by atoms with van der Waals surface area (Å²) in [5, 5.41) is 231. The summed E-state index contributed by atoms with van der Waals surface area (Å²) in [6.07, 6.45) is -28.2. The van der Waals surface area contributed by atoms with Crippen molar-refractivity contribution < 1.29 is 122 Å². The lowest BCUT2D eigenvalue weighted by molar-refractivity contribution is -0.356. The van der Waals surface area contributed by atoms with E-state index in [0.717, 1.165) is 38.5 Å². The normalized spacial score (nSPS) is 29.5. The number of aliphatic hydroxyl groups excluding tert-OH is 20. The number of rotatable bonds is 41. The second-order valence-electron chi connectivity index (χ2n) is 26.0. The first-order valence-electron chi connectivity index (χ1n) is 31.2. The summed E-state index contributed by atoms with van der Waals surface area (Å²) < 4.78 is 5.50. The van der Waals surface area contributed by atoms with Gasteiger partial charge in [0, 0.05) is 48.9 Å². The van der Waals surface area contributed by atoms with Gasteiger partial charge in [-0.2, -0.15) is 0 Å². The van der Waals surface area contributed by atoms with Gasteiger partial charge in [-0.3, -0.25) is 9.59 Å². The molecule has 2 rings (SSSR count). The van der Waals surface area contributed by atoms with Crippen LogP contribution in [0.2, 0.25) is 0 Å². The van der Waals surface area contributed by atoms with Gasteiger partial charge in [-0.1, -0.05) is 106 Å². The van der Waals surface area contributed by atoms with Crippen molar-refractivity contribution in [2.24, 2.45) is 41.4 Å². The standard InChI is InChI=1S/C61H113NO24/c1-11-12-13-14-15-16-17-18-37(63)27-61(85)59(83)58(82)56(80)46(86-61)26-45(71)55(79)57(81)54(78)44(70)24-39(65)22-38(64)23-40(66)31(5)49(73)32(6)41(67)25-42(68)33(7)50(74)34(8)51(75)35(9)52(76)43(69)21-29(3)19-28(2)20-30(4)48(72)47-53(77)36(10)62-60(47)84/h20,28-29,31-46,49-52,54-59,63-76,78-83,85H,11-19,21-27H2,1-10H3,(H,62,84)/b30-20+,48-47-/t28?,29?,31?,32?,33?,34?,35?,36?,37?,38?,39?,40?,41?,42?,43?,44?,45?,46-,49?,50?,51?,52?,54?,55?,56-,57?,58+,59+,61+/m1/s1. The average molecular weight is 1240 g/mol. The van der Waals surface area contributed by atoms with Crippen LogP contribution >= 0.6 is 0 Å². The summed E-state index contributed by atoms with van der Waals surface area (Å²) in [6.45, 7) is 16.2. The van der Waals surface area contributed by atoms with E-state index in [-0.39, 0.29) is 36.7 Å². The maximum absolute atomic E-state index is 12.4. The Hall–Kier alpha value is -2.42. The Morgan fingerprint density at radius 3 is 1.51 bits per heavy atom. The van der Waals surface area contributed by atoms with Crippen LogP contribution in [-0.4, -0.2) is 253 Å². The van der Waals surface area contributed by atoms with Crippen LogP contribution in [0.4, 0.5) is 0 Å². The molecular formula is C61H113NO24. The summed E-state index contributed by atoms with van der Waals surface area (Å²) >= 11 is 0. The molecular weight excluding hydrogens is 1130 g/mol. The summed E-state index contributed by atoms with van der Waals surface area (Å²) in [6, 6.07) is -0.745. The topological polar surface area (TPSA) is 480 Å². The van der Waals surface area contributed by atoms with Gasteiger partial charge >= 0.3 is 0 Å². The number of Topliss-reactive ketones (excluding diaryl/α,β-unsaturated/α-hetero) is 1. The molecule has 2 aliphatic heterocycles. The third kappa shape index (κ3) is 23.4. The van der Waals surface area contributed by atoms with Gasteiger partial charge in [0.2, 0.25) is 0 Å². The summed E-state index contributed by atoms with van der Waals surface area (Å²) in [5.74, 6) is -9.46. The molecule has 0 bridgehead atoms. The minimum Gasteiger partial charge on any atom is -0.507 e. The monoisotopic (exact) mass is 1240 g/mol. The highest BCUT2D eigenvalue weighted by Crippen LogP contribution is 2.36. The van der Waals surface area contributed by atoms with E-state index >= 15 is 0 Å². The number of aliphatic hydroxyl groups is 21. The van der Waals surface area contributed by atoms with Crippen LogP contribution in [0.5, 0.6) is 0 Å². The molecule has 0 aromatic rings. The van der Waals surface area contributed by atoms with Crippen molar-refractivity contribution >= 4 is 11.7 Å². The number of hydrogen-bond acceptors (Lipinski definition) is 24. The second kappa shape index (κ2) is 37.2. The SMILES string of the molecule is CCCCCCCCCC(O)C[C@]1(O)O[C@H](CC(O)C(O)C(O)C(O)C(O)CC(O)CC(O)CC(O)C(C)C(O)C(C)C(O)CC(O)C(C)C(O)C(C)C(O)C(C)C(O)C(O)CC(C)CC(C)/C=C(C)/C(O)=C2/C(=O)NC(C)C2=O)[C@@H](O)[C@H](O)[C@@H]1O. The van der Waals surface area contributed by atoms with E-state index in [1.807, 2.05) is 13.8 Å². The highest BCUT2D eigenvalue weighted by atomic mass is 16.7. The Morgan fingerprint density at radius 2 is 0.988 bits per heavy atom. The van der Waals surface area contributed by atoms with Gasteiger partial charge in [-0.15, -0.1) is 0 Å². The molecule has 86 heavy (non-hydrogen) atoms. The Labute approximate surface area is 507 Å². The Kier molecular flexibility index (Phi) is 34.4. The van der Waals surface area contributed by atoms with E-state index < -0.39 is 213 Å². The third-order valence-corrected chi connectivity index (χ3v) is 18.3. The fourth-order valence-corrected chi connectivity index (χ4v) is 12.2. The number of carbonyl (C=O) groups excluding carboxylic acids is 2. The van der Waals surface area contributed by atoms with E-state index in [4.69, 9.17) is 4.74 Å². The minimum absolute atomic E-state index is 0.111. The van der Waals surface area contributed by atoms with Crippen molar-refractivity contribution in [3.05, 3.63) is 23.0 Å². The van der Waals surface area contributed by atoms with Crippen molar-refractivity contribution in [2.75, 3.05) is 0 Å².